The number of nitriles is 1. The van der Waals surface area contributed by atoms with Crippen LogP contribution in [0.15, 0.2) is 51.9 Å². The first-order valence-corrected chi connectivity index (χ1v) is 9.80. The summed E-state index contributed by atoms with van der Waals surface area (Å²) < 4.78 is 8.96. The van der Waals surface area contributed by atoms with E-state index in [2.05, 4.69) is 21.3 Å². The van der Waals surface area contributed by atoms with E-state index in [1.54, 1.807) is 10.8 Å². The Morgan fingerprint density at radius 3 is 2.69 bits per heavy atom. The summed E-state index contributed by atoms with van der Waals surface area (Å²) in [6.07, 6.45) is 1.61. The van der Waals surface area contributed by atoms with Gasteiger partial charge >= 0.3 is 0 Å². The molecule has 0 unspecified atom stereocenters. The third-order valence-corrected chi connectivity index (χ3v) is 5.72. The van der Waals surface area contributed by atoms with Crippen molar-refractivity contribution < 1.29 is 9.52 Å². The minimum absolute atomic E-state index is 0.0556. The number of furan rings is 1. The molecule has 1 aromatic carbocycles. The summed E-state index contributed by atoms with van der Waals surface area (Å²) in [6, 6.07) is 11.5. The lowest BCUT2D eigenvalue weighted by Gasteiger charge is -2.06. The summed E-state index contributed by atoms with van der Waals surface area (Å²) in [4.78, 5) is 4.49. The highest BCUT2D eigenvalue weighted by atomic mass is 32.2. The molecule has 0 fully saturated rings. The Labute approximate surface area is 171 Å². The Balaban J connectivity index is 1.61. The topological polar surface area (TPSA) is 106 Å². The quantitative estimate of drug-likeness (QED) is 0.305. The van der Waals surface area contributed by atoms with Gasteiger partial charge in [-0.25, -0.2) is 4.98 Å². The third kappa shape index (κ3) is 3.28. The molecule has 0 saturated heterocycles. The highest BCUT2D eigenvalue weighted by Gasteiger charge is 2.19. The van der Waals surface area contributed by atoms with Gasteiger partial charge in [-0.2, -0.15) is 5.26 Å². The second-order valence-corrected chi connectivity index (χ2v) is 7.40. The molecule has 3 aromatic heterocycles. The Kier molecular flexibility index (Phi) is 4.86. The number of thioether (sulfide) groups is 1. The molecule has 146 valence electrons. The molecule has 8 nitrogen and oxygen atoms in total. The average Bonchev–Trinajstić information content (AvgIpc) is 3.39. The largest absolute Gasteiger partial charge is 0.510 e. The van der Waals surface area contributed by atoms with Gasteiger partial charge in [-0.05, 0) is 25.1 Å². The number of aliphatic hydroxyl groups excluding tert-OH is 1. The first-order valence-electron chi connectivity index (χ1n) is 8.82. The molecule has 1 N–H and O–H groups in total. The van der Waals surface area contributed by atoms with Crippen LogP contribution >= 0.6 is 11.8 Å². The van der Waals surface area contributed by atoms with E-state index in [0.29, 0.717) is 16.8 Å². The molecule has 0 radical (unpaired) electrons. The molecule has 0 spiro atoms. The molecule has 0 bridgehead atoms. The lowest BCUT2D eigenvalue weighted by Crippen LogP contribution is -2.01. The van der Waals surface area contributed by atoms with Gasteiger partial charge in [-0.3, -0.25) is 0 Å². The van der Waals surface area contributed by atoms with Gasteiger partial charge in [0.25, 0.3) is 0 Å². The molecule has 0 atom stereocenters. The normalized spacial score (nSPS) is 12.2. The molecular formula is C20H18N6O2S. The number of benzene rings is 1. The Bertz CT molecular complexity index is 1270. The fourth-order valence-corrected chi connectivity index (χ4v) is 3.90. The molecule has 0 aliphatic rings. The zero-order valence-corrected chi connectivity index (χ0v) is 16.9. The van der Waals surface area contributed by atoms with Gasteiger partial charge < -0.3 is 18.7 Å². The minimum atomic E-state index is -0.0556. The first kappa shape index (κ1) is 18.8. The average molecular weight is 406 g/mol. The van der Waals surface area contributed by atoms with Gasteiger partial charge in [-0.15, -0.1) is 10.2 Å². The maximum absolute atomic E-state index is 10.6. The van der Waals surface area contributed by atoms with E-state index < -0.39 is 0 Å². The first-order chi connectivity index (χ1) is 14.0. The van der Waals surface area contributed by atoms with E-state index in [0.717, 1.165) is 22.4 Å². The highest BCUT2D eigenvalue weighted by Crippen LogP contribution is 2.28. The predicted octanol–water partition coefficient (Wildman–Crippen LogP) is 3.86. The van der Waals surface area contributed by atoms with E-state index >= 15 is 0 Å². The number of allylic oxidation sites excluding steroid dienone is 1. The summed E-state index contributed by atoms with van der Waals surface area (Å²) in [6.45, 7) is 1.86. The van der Waals surface area contributed by atoms with Crippen LogP contribution in [-0.2, 0) is 14.1 Å². The van der Waals surface area contributed by atoms with E-state index in [4.69, 9.17) is 4.42 Å². The van der Waals surface area contributed by atoms with Crippen molar-refractivity contribution in [2.45, 2.75) is 12.1 Å². The van der Waals surface area contributed by atoms with Crippen LogP contribution in [0.2, 0.25) is 0 Å². The van der Waals surface area contributed by atoms with E-state index in [9.17, 15) is 10.4 Å². The minimum Gasteiger partial charge on any atom is -0.510 e. The van der Waals surface area contributed by atoms with Gasteiger partial charge in [0.2, 0.25) is 0 Å². The number of para-hydroxylation sites is 2. The van der Waals surface area contributed by atoms with Crippen LogP contribution in [0.25, 0.3) is 28.0 Å². The maximum atomic E-state index is 10.6. The molecular weight excluding hydrogens is 388 g/mol. The monoisotopic (exact) mass is 406 g/mol. The number of aromatic nitrogens is 5. The fourth-order valence-electron chi connectivity index (χ4n) is 3.11. The van der Waals surface area contributed by atoms with Crippen molar-refractivity contribution in [1.29, 1.82) is 5.26 Å². The van der Waals surface area contributed by atoms with Crippen LogP contribution in [0.4, 0.5) is 0 Å². The molecule has 9 heteroatoms. The van der Waals surface area contributed by atoms with Crippen LogP contribution in [0.1, 0.15) is 11.6 Å². The zero-order chi connectivity index (χ0) is 20.5. The number of hydrogen-bond acceptors (Lipinski definition) is 7. The summed E-state index contributed by atoms with van der Waals surface area (Å²) in [5, 5.41) is 29.3. The van der Waals surface area contributed by atoms with Crippen molar-refractivity contribution in [3.8, 4) is 17.5 Å². The number of fused-ring (bicyclic) bond motifs is 1. The second kappa shape index (κ2) is 7.48. The molecule has 4 aromatic rings. The van der Waals surface area contributed by atoms with Gasteiger partial charge in [0.05, 0.1) is 28.6 Å². The van der Waals surface area contributed by atoms with Gasteiger partial charge in [-0.1, -0.05) is 23.9 Å². The number of nitrogens with zero attached hydrogens (tertiary/aromatic N) is 6. The highest BCUT2D eigenvalue weighted by molar-refractivity contribution is 7.99. The van der Waals surface area contributed by atoms with Crippen molar-refractivity contribution in [1.82, 2.24) is 24.3 Å². The standard InChI is InChI=1S/C20H18N6O2S/c1-12-13(8-9-28-12)19-23-24-20(26(19)3)29-11-17(27)14(10-21)18-22-15-6-4-5-7-16(15)25(18)2/h4-9,27H,11H2,1-3H3/b17-14-. The number of rotatable bonds is 5. The maximum Gasteiger partial charge on any atom is 0.191 e. The molecule has 3 heterocycles. The SMILES string of the molecule is Cc1occc1-c1nnc(SC/C(O)=C(\C#N)c2nc3ccccc3n2C)n1C. The molecule has 0 amide bonds. The number of aliphatic hydroxyl groups is 1. The van der Waals surface area contributed by atoms with Gasteiger partial charge in [0.1, 0.15) is 23.2 Å². The fraction of sp³-hybridized carbons (Fsp3) is 0.200. The lowest BCUT2D eigenvalue weighted by atomic mass is 10.2. The Hall–Kier alpha value is -3.51. The molecule has 0 aliphatic heterocycles. The van der Waals surface area contributed by atoms with Crippen LogP contribution in [-0.4, -0.2) is 35.2 Å². The van der Waals surface area contributed by atoms with Crippen LogP contribution < -0.4 is 0 Å². The lowest BCUT2D eigenvalue weighted by molar-refractivity contribution is 0.420. The van der Waals surface area contributed by atoms with Gasteiger partial charge in [0.15, 0.2) is 16.8 Å². The van der Waals surface area contributed by atoms with Crippen LogP contribution in [0.5, 0.6) is 0 Å². The molecule has 29 heavy (non-hydrogen) atoms. The third-order valence-electron chi connectivity index (χ3n) is 4.68. The van der Waals surface area contributed by atoms with Crippen molar-refractivity contribution in [2.75, 3.05) is 5.75 Å². The summed E-state index contributed by atoms with van der Waals surface area (Å²) in [5.41, 5.74) is 2.67. The molecule has 4 rings (SSSR count). The smallest absolute Gasteiger partial charge is 0.191 e. The van der Waals surface area contributed by atoms with E-state index in [1.165, 1.54) is 11.8 Å². The predicted molar refractivity (Wildman–Crippen MR) is 110 cm³/mol. The van der Waals surface area contributed by atoms with Crippen molar-refractivity contribution in [2.24, 2.45) is 14.1 Å². The van der Waals surface area contributed by atoms with Crippen molar-refractivity contribution in [3.05, 3.63) is 53.9 Å². The number of imidazole rings is 1. The van der Waals surface area contributed by atoms with Crippen molar-refractivity contribution >= 4 is 28.4 Å². The zero-order valence-electron chi connectivity index (χ0n) is 16.1. The Morgan fingerprint density at radius 1 is 1.21 bits per heavy atom. The number of aryl methyl sites for hydroxylation is 2. The summed E-state index contributed by atoms with van der Waals surface area (Å²) in [5.74, 6) is 1.98. The number of hydrogen-bond donors (Lipinski definition) is 1. The van der Waals surface area contributed by atoms with E-state index in [1.807, 2.05) is 55.9 Å². The summed E-state index contributed by atoms with van der Waals surface area (Å²) >= 11 is 1.29. The van der Waals surface area contributed by atoms with E-state index in [-0.39, 0.29) is 17.1 Å². The van der Waals surface area contributed by atoms with Gasteiger partial charge in [0, 0.05) is 14.1 Å². The van der Waals surface area contributed by atoms with Crippen molar-refractivity contribution in [3.63, 3.8) is 0 Å². The molecule has 0 aliphatic carbocycles. The second-order valence-electron chi connectivity index (χ2n) is 6.46. The van der Waals surface area contributed by atoms with Crippen LogP contribution in [0.3, 0.4) is 0 Å². The van der Waals surface area contributed by atoms with Crippen LogP contribution in [0, 0.1) is 18.3 Å². The molecule has 0 saturated carbocycles. The Morgan fingerprint density at radius 2 is 2.00 bits per heavy atom. The summed E-state index contributed by atoms with van der Waals surface area (Å²) in [7, 11) is 3.67.